The molecule has 3 unspecified atom stereocenters. The van der Waals surface area contributed by atoms with Crippen LogP contribution in [0, 0.1) is 17.8 Å². The van der Waals surface area contributed by atoms with Gasteiger partial charge < -0.3 is 5.32 Å². The van der Waals surface area contributed by atoms with Gasteiger partial charge >= 0.3 is 0 Å². The first-order valence-electron chi connectivity index (χ1n) is 8.19. The van der Waals surface area contributed by atoms with Crippen LogP contribution in [0.2, 0.25) is 0 Å². The van der Waals surface area contributed by atoms with Crippen molar-refractivity contribution in [2.75, 3.05) is 5.32 Å². The topological polar surface area (TPSA) is 29.1 Å². The minimum Gasteiger partial charge on any atom is -0.326 e. The van der Waals surface area contributed by atoms with Gasteiger partial charge in [-0.25, -0.2) is 0 Å². The van der Waals surface area contributed by atoms with Crippen molar-refractivity contribution in [1.29, 1.82) is 0 Å². The molecule has 2 nitrogen and oxygen atoms in total. The lowest BCUT2D eigenvalue weighted by Gasteiger charge is -2.21. The maximum Gasteiger partial charge on any atom is 0.224 e. The van der Waals surface area contributed by atoms with Crippen LogP contribution in [0.1, 0.15) is 49.7 Å². The second kappa shape index (κ2) is 4.91. The van der Waals surface area contributed by atoms with Crippen molar-refractivity contribution in [3.63, 3.8) is 0 Å². The lowest BCUT2D eigenvalue weighted by molar-refractivity contribution is -0.117. The first-order chi connectivity index (χ1) is 9.78. The van der Waals surface area contributed by atoms with E-state index in [1.54, 1.807) is 0 Å². The number of aryl methyl sites for hydroxylation is 2. The van der Waals surface area contributed by atoms with E-state index >= 15 is 0 Å². The summed E-state index contributed by atoms with van der Waals surface area (Å²) in [6.07, 6.45) is 9.82. The van der Waals surface area contributed by atoms with Crippen LogP contribution in [-0.2, 0) is 17.6 Å². The molecule has 1 aromatic rings. The summed E-state index contributed by atoms with van der Waals surface area (Å²) in [5.41, 5.74) is 3.90. The third kappa shape index (κ3) is 2.25. The Bertz CT molecular complexity index is 536. The van der Waals surface area contributed by atoms with Crippen LogP contribution in [0.4, 0.5) is 5.69 Å². The van der Waals surface area contributed by atoms with Crippen LogP contribution in [-0.4, -0.2) is 5.91 Å². The number of amides is 1. The summed E-state index contributed by atoms with van der Waals surface area (Å²) in [5.74, 6) is 2.65. The average molecular weight is 269 g/mol. The summed E-state index contributed by atoms with van der Waals surface area (Å²) in [6.45, 7) is 0. The molecule has 106 valence electrons. The molecule has 1 N–H and O–H groups in total. The van der Waals surface area contributed by atoms with Gasteiger partial charge in [-0.2, -0.15) is 0 Å². The normalized spacial score (nSPS) is 30.5. The third-order valence-corrected chi connectivity index (χ3v) is 5.71. The molecule has 2 heteroatoms. The van der Waals surface area contributed by atoms with E-state index in [1.165, 1.54) is 56.1 Å². The molecule has 2 bridgehead atoms. The monoisotopic (exact) mass is 269 g/mol. The Morgan fingerprint density at radius 2 is 2.05 bits per heavy atom. The maximum absolute atomic E-state index is 12.2. The Hall–Kier alpha value is -1.31. The molecule has 0 spiro atoms. The number of fused-ring (bicyclic) bond motifs is 3. The van der Waals surface area contributed by atoms with E-state index in [-0.39, 0.29) is 5.91 Å². The zero-order chi connectivity index (χ0) is 13.5. The van der Waals surface area contributed by atoms with Crippen LogP contribution < -0.4 is 5.32 Å². The van der Waals surface area contributed by atoms with Crippen molar-refractivity contribution in [2.45, 2.75) is 51.4 Å². The zero-order valence-corrected chi connectivity index (χ0v) is 12.0. The molecule has 0 radical (unpaired) electrons. The number of carbonyl (C=O) groups is 1. The largest absolute Gasteiger partial charge is 0.326 e. The number of carbonyl (C=O) groups excluding carboxylic acids is 1. The molecule has 4 rings (SSSR count). The fraction of sp³-hybridized carbons (Fsp3) is 0.611. The van der Waals surface area contributed by atoms with E-state index in [0.717, 1.165) is 23.9 Å². The van der Waals surface area contributed by atoms with Gasteiger partial charge in [0.15, 0.2) is 0 Å². The van der Waals surface area contributed by atoms with Gasteiger partial charge in [-0.1, -0.05) is 12.5 Å². The summed E-state index contributed by atoms with van der Waals surface area (Å²) in [7, 11) is 0. The molecule has 3 aliphatic rings. The van der Waals surface area contributed by atoms with Crippen molar-refractivity contribution in [3.05, 3.63) is 29.3 Å². The van der Waals surface area contributed by atoms with Gasteiger partial charge in [-0.05, 0) is 79.5 Å². The molecular weight excluding hydrogens is 246 g/mol. The van der Waals surface area contributed by atoms with Crippen LogP contribution in [0.5, 0.6) is 0 Å². The average Bonchev–Trinajstić information content (AvgIpc) is 3.13. The Kier molecular flexibility index (Phi) is 3.05. The van der Waals surface area contributed by atoms with E-state index in [0.29, 0.717) is 5.92 Å². The Labute approximate surface area is 121 Å². The highest BCUT2D eigenvalue weighted by atomic mass is 16.1. The van der Waals surface area contributed by atoms with E-state index < -0.39 is 0 Å². The van der Waals surface area contributed by atoms with Gasteiger partial charge in [0.1, 0.15) is 0 Å². The number of anilines is 1. The molecule has 0 aliphatic heterocycles. The number of benzene rings is 1. The highest BCUT2D eigenvalue weighted by Crippen LogP contribution is 2.49. The summed E-state index contributed by atoms with van der Waals surface area (Å²) in [5, 5.41) is 3.12. The summed E-state index contributed by atoms with van der Waals surface area (Å²) >= 11 is 0. The highest BCUT2D eigenvalue weighted by Gasteiger charge is 2.40. The molecule has 0 heterocycles. The van der Waals surface area contributed by atoms with Gasteiger partial charge in [0.2, 0.25) is 5.91 Å². The van der Waals surface area contributed by atoms with Crippen molar-refractivity contribution in [1.82, 2.24) is 0 Å². The Balaban J connectivity index is 1.38. The van der Waals surface area contributed by atoms with Gasteiger partial charge in [0.05, 0.1) is 0 Å². The van der Waals surface area contributed by atoms with E-state index in [2.05, 4.69) is 23.5 Å². The standard InChI is InChI=1S/C18H23NO/c20-18(11-16-9-12-4-5-15(16)8-12)19-17-7-6-13-2-1-3-14(13)10-17/h6-7,10,12,15-16H,1-5,8-9,11H2,(H,19,20). The summed E-state index contributed by atoms with van der Waals surface area (Å²) in [4.78, 5) is 12.2. The fourth-order valence-corrected chi connectivity index (χ4v) is 4.73. The van der Waals surface area contributed by atoms with Crippen molar-refractivity contribution >= 4 is 11.6 Å². The summed E-state index contributed by atoms with van der Waals surface area (Å²) < 4.78 is 0. The van der Waals surface area contributed by atoms with Crippen molar-refractivity contribution in [3.8, 4) is 0 Å². The predicted molar refractivity (Wildman–Crippen MR) is 80.7 cm³/mol. The molecule has 1 amide bonds. The SMILES string of the molecule is O=C(CC1CC2CCC1C2)Nc1ccc2c(c1)CCC2. The van der Waals surface area contributed by atoms with Crippen molar-refractivity contribution in [2.24, 2.45) is 17.8 Å². The Morgan fingerprint density at radius 3 is 2.85 bits per heavy atom. The molecule has 0 aromatic heterocycles. The zero-order valence-electron chi connectivity index (χ0n) is 12.0. The molecule has 2 saturated carbocycles. The van der Waals surface area contributed by atoms with Gasteiger partial charge in [0.25, 0.3) is 0 Å². The third-order valence-electron chi connectivity index (χ3n) is 5.71. The molecule has 20 heavy (non-hydrogen) atoms. The fourth-order valence-electron chi connectivity index (χ4n) is 4.73. The predicted octanol–water partition coefficient (Wildman–Crippen LogP) is 3.94. The lowest BCUT2D eigenvalue weighted by Crippen LogP contribution is -2.20. The van der Waals surface area contributed by atoms with Crippen LogP contribution in [0.15, 0.2) is 18.2 Å². The first kappa shape index (κ1) is 12.4. The quantitative estimate of drug-likeness (QED) is 0.884. The van der Waals surface area contributed by atoms with Crippen LogP contribution in [0.3, 0.4) is 0 Å². The Morgan fingerprint density at radius 1 is 1.15 bits per heavy atom. The molecule has 1 aromatic carbocycles. The minimum absolute atomic E-state index is 0.223. The molecule has 0 saturated heterocycles. The molecule has 3 atom stereocenters. The minimum atomic E-state index is 0.223. The second-order valence-electron chi connectivity index (χ2n) is 7.02. The molecule has 2 fully saturated rings. The van der Waals surface area contributed by atoms with E-state index in [1.807, 2.05) is 0 Å². The van der Waals surface area contributed by atoms with Gasteiger partial charge in [0, 0.05) is 12.1 Å². The van der Waals surface area contributed by atoms with E-state index in [4.69, 9.17) is 0 Å². The summed E-state index contributed by atoms with van der Waals surface area (Å²) in [6, 6.07) is 6.44. The second-order valence-corrected chi connectivity index (χ2v) is 7.02. The first-order valence-corrected chi connectivity index (χ1v) is 8.19. The lowest BCUT2D eigenvalue weighted by atomic mass is 9.86. The van der Waals surface area contributed by atoms with E-state index in [9.17, 15) is 4.79 Å². The highest BCUT2D eigenvalue weighted by molar-refractivity contribution is 5.91. The smallest absolute Gasteiger partial charge is 0.224 e. The maximum atomic E-state index is 12.2. The van der Waals surface area contributed by atoms with Gasteiger partial charge in [-0.3, -0.25) is 4.79 Å². The number of nitrogens with one attached hydrogen (secondary N) is 1. The number of rotatable bonds is 3. The van der Waals surface area contributed by atoms with Crippen molar-refractivity contribution < 1.29 is 4.79 Å². The number of hydrogen-bond acceptors (Lipinski definition) is 1. The van der Waals surface area contributed by atoms with Crippen LogP contribution in [0.25, 0.3) is 0 Å². The van der Waals surface area contributed by atoms with Gasteiger partial charge in [-0.15, -0.1) is 0 Å². The number of hydrogen-bond donors (Lipinski definition) is 1. The van der Waals surface area contributed by atoms with Crippen LogP contribution >= 0.6 is 0 Å². The molecular formula is C18H23NO. The molecule has 3 aliphatic carbocycles.